The van der Waals surface area contributed by atoms with Crippen LogP contribution in [-0.2, 0) is 23.9 Å². The number of carbonyl (C=O) groups is 6. The number of likely N-dealkylation sites (tertiary alicyclic amines) is 1. The maximum absolute atomic E-state index is 13.5. The fourth-order valence-electron chi connectivity index (χ4n) is 9.98. The van der Waals surface area contributed by atoms with Gasteiger partial charge in [0.05, 0.1) is 23.7 Å². The number of alkyl carbamates (subject to hydrolysis) is 1. The van der Waals surface area contributed by atoms with E-state index in [1.807, 2.05) is 6.07 Å². The van der Waals surface area contributed by atoms with Gasteiger partial charge in [-0.1, -0.05) is 51.0 Å². The minimum Gasteiger partial charge on any atom is -0.462 e. The van der Waals surface area contributed by atoms with Crippen molar-refractivity contribution in [3.63, 3.8) is 0 Å². The van der Waals surface area contributed by atoms with Gasteiger partial charge in [0.1, 0.15) is 18.2 Å². The molecule has 0 spiro atoms. The minimum atomic E-state index is -0.991. The molecule has 0 radical (unpaired) electrons. The lowest BCUT2D eigenvalue weighted by atomic mass is 9.65. The molecule has 4 N–H and O–H groups in total. The van der Waals surface area contributed by atoms with Crippen LogP contribution in [0.25, 0.3) is 0 Å². The van der Waals surface area contributed by atoms with E-state index in [1.54, 1.807) is 12.1 Å². The van der Waals surface area contributed by atoms with Gasteiger partial charge in [-0.2, -0.15) is 0 Å². The van der Waals surface area contributed by atoms with E-state index in [1.165, 1.54) is 5.57 Å². The van der Waals surface area contributed by atoms with Crippen LogP contribution in [0.3, 0.4) is 0 Å². The minimum absolute atomic E-state index is 0.0603. The number of ether oxygens (including phenoxy) is 2. The number of amides is 5. The number of piperidine rings is 2. The molecule has 0 saturated carbocycles. The number of anilines is 1. The molecule has 2 aliphatic carbocycles. The molecule has 314 valence electrons. The van der Waals surface area contributed by atoms with Crippen molar-refractivity contribution in [2.75, 3.05) is 31.5 Å². The molecule has 3 saturated heterocycles. The van der Waals surface area contributed by atoms with Crippen LogP contribution in [0, 0.1) is 23.7 Å². The van der Waals surface area contributed by atoms with Crippen molar-refractivity contribution in [3.8, 4) is 0 Å². The van der Waals surface area contributed by atoms with Crippen molar-refractivity contribution in [2.45, 2.75) is 128 Å². The van der Waals surface area contributed by atoms with Gasteiger partial charge in [0.25, 0.3) is 11.8 Å². The molecule has 14 heteroatoms. The first-order valence-electron chi connectivity index (χ1n) is 21.5. The number of nitrogens with one attached hydrogen (secondary N) is 3. The maximum atomic E-state index is 13.5. The zero-order valence-corrected chi connectivity index (χ0v) is 33.8. The fraction of sp³-hybridized carbons (Fsp3) is 0.636. The van der Waals surface area contributed by atoms with Gasteiger partial charge in [-0.15, -0.1) is 0 Å². The number of cyclic esters (lactones) is 1. The first kappa shape index (κ1) is 41.6. The second kappa shape index (κ2) is 18.6. The lowest BCUT2D eigenvalue weighted by Crippen LogP contribution is -2.54. The average molecular weight is 802 g/mol. The molecule has 4 aliphatic heterocycles. The Morgan fingerprint density at radius 3 is 2.55 bits per heavy atom. The first-order chi connectivity index (χ1) is 27.9. The second-order valence-corrected chi connectivity index (χ2v) is 17.3. The summed E-state index contributed by atoms with van der Waals surface area (Å²) in [6, 6.07) is 4.32. The molecule has 0 bridgehead atoms. The Labute approximate surface area is 340 Å². The molecule has 1 aromatic rings. The molecule has 58 heavy (non-hydrogen) atoms. The van der Waals surface area contributed by atoms with Gasteiger partial charge in [0, 0.05) is 50.1 Å². The summed E-state index contributed by atoms with van der Waals surface area (Å²) in [5.41, 5.74) is 2.39. The molecular weight excluding hydrogens is 743 g/mol. The molecule has 5 amide bonds. The van der Waals surface area contributed by atoms with Gasteiger partial charge in [-0.25, -0.2) is 4.79 Å². The first-order valence-corrected chi connectivity index (χ1v) is 21.5. The number of nitrogens with zero attached hydrogens (tertiary/aromatic N) is 2. The predicted molar refractivity (Wildman–Crippen MR) is 214 cm³/mol. The smallest absolute Gasteiger partial charge is 0.407 e. The molecular formula is C44H59N5O9. The number of carbonyl (C=O) groups excluding carboxylic acids is 6. The summed E-state index contributed by atoms with van der Waals surface area (Å²) in [6.07, 6.45) is 13.9. The van der Waals surface area contributed by atoms with Crippen LogP contribution in [-0.4, -0.2) is 107 Å². The highest BCUT2D eigenvalue weighted by atomic mass is 16.6. The Bertz CT molecular complexity index is 1800. The lowest BCUT2D eigenvalue weighted by Gasteiger charge is -2.43. The summed E-state index contributed by atoms with van der Waals surface area (Å²) < 4.78 is 11.7. The van der Waals surface area contributed by atoms with Gasteiger partial charge < -0.3 is 30.1 Å². The van der Waals surface area contributed by atoms with Gasteiger partial charge in [0.2, 0.25) is 11.8 Å². The van der Waals surface area contributed by atoms with Gasteiger partial charge in [-0.3, -0.25) is 34.2 Å². The highest BCUT2D eigenvalue weighted by Crippen LogP contribution is 2.45. The summed E-state index contributed by atoms with van der Waals surface area (Å²) >= 11 is 0. The zero-order chi connectivity index (χ0) is 40.9. The van der Waals surface area contributed by atoms with E-state index >= 15 is 0 Å². The number of allylic oxidation sites excluding steroid dienone is 3. The van der Waals surface area contributed by atoms with Crippen LogP contribution in [0.5, 0.6) is 0 Å². The normalized spacial score (nSPS) is 30.3. The summed E-state index contributed by atoms with van der Waals surface area (Å²) in [7, 11) is 0. The lowest BCUT2D eigenvalue weighted by molar-refractivity contribution is -0.160. The van der Waals surface area contributed by atoms with Crippen LogP contribution in [0.15, 0.2) is 42.0 Å². The number of aliphatic hydroxyl groups is 1. The monoisotopic (exact) mass is 801 g/mol. The SMILES string of the molecule is C[C@H]1C=C2C=C[C@H](C)[C@H](CC[C@@H]3C[C@@H](O)CC(=O)O3)[C@H]2[C@@H](OC(=O)NCCCCCCN2CCC(Nc3cccc4c3C(=O)N(C3CCC(=O)NC3=O)C4=O)CC2)C1. The third kappa shape index (κ3) is 9.65. The molecule has 1 aromatic carbocycles. The van der Waals surface area contributed by atoms with Crippen molar-refractivity contribution >= 4 is 41.4 Å². The van der Waals surface area contributed by atoms with E-state index in [2.05, 4.69) is 52.9 Å². The number of unbranched alkanes of at least 4 members (excludes halogenated alkanes) is 3. The number of hydrogen-bond donors (Lipinski definition) is 4. The number of imide groups is 2. The van der Waals surface area contributed by atoms with Crippen molar-refractivity contribution in [3.05, 3.63) is 53.1 Å². The van der Waals surface area contributed by atoms with Crippen LogP contribution in [0.2, 0.25) is 0 Å². The Balaban J connectivity index is 0.793. The van der Waals surface area contributed by atoms with E-state index in [4.69, 9.17) is 9.47 Å². The summed E-state index contributed by atoms with van der Waals surface area (Å²) in [6.45, 7) is 7.74. The van der Waals surface area contributed by atoms with E-state index in [9.17, 15) is 33.9 Å². The summed E-state index contributed by atoms with van der Waals surface area (Å²) in [4.78, 5) is 79.2. The number of benzene rings is 1. The van der Waals surface area contributed by atoms with E-state index in [0.717, 1.165) is 75.9 Å². The third-order valence-electron chi connectivity index (χ3n) is 13.0. The second-order valence-electron chi connectivity index (χ2n) is 17.3. The van der Waals surface area contributed by atoms with E-state index in [0.29, 0.717) is 36.6 Å². The Morgan fingerprint density at radius 2 is 1.78 bits per heavy atom. The number of esters is 1. The average Bonchev–Trinajstić information content (AvgIpc) is 3.43. The number of fused-ring (bicyclic) bond motifs is 2. The number of rotatable bonds is 14. The molecule has 8 atom stereocenters. The fourth-order valence-corrected chi connectivity index (χ4v) is 9.98. The standard InChI is InChI=1S/C44H59N5O9/c1-26-22-28-11-10-27(2)32(13-12-31-24-30(50)25-38(52)57-31)39(28)36(23-26)58-44(56)45-18-5-3-4-6-19-48-20-16-29(17-21-48)46-34-9-7-8-33-40(34)43(55)49(42(33)54)35-14-15-37(51)47-41(35)53/h7-11,22,26-27,29-32,35-36,39,46,50H,3-6,12-21,23-25H2,1-2H3,(H,45,56)(H,47,51,53)/t26-,27-,30+,31+,32-,35?,36-,39-/m0/s1. The summed E-state index contributed by atoms with van der Waals surface area (Å²) in [5, 5.41) is 18.8. The van der Waals surface area contributed by atoms with Crippen molar-refractivity contribution in [1.29, 1.82) is 0 Å². The molecule has 1 unspecified atom stereocenters. The van der Waals surface area contributed by atoms with Gasteiger partial charge in [-0.05, 0) is 93.4 Å². The Hall–Kier alpha value is -4.56. The van der Waals surface area contributed by atoms with E-state index < -0.39 is 35.8 Å². The largest absolute Gasteiger partial charge is 0.462 e. The molecule has 0 aromatic heterocycles. The topological polar surface area (TPSA) is 184 Å². The summed E-state index contributed by atoms with van der Waals surface area (Å²) in [5.74, 6) is -1.46. The van der Waals surface area contributed by atoms with Gasteiger partial charge >= 0.3 is 12.1 Å². The highest BCUT2D eigenvalue weighted by Gasteiger charge is 2.46. The quantitative estimate of drug-likeness (QED) is 0.114. The Kier molecular flexibility index (Phi) is 13.3. The predicted octanol–water partition coefficient (Wildman–Crippen LogP) is 4.87. The molecule has 14 nitrogen and oxygen atoms in total. The highest BCUT2D eigenvalue weighted by molar-refractivity contribution is 6.25. The third-order valence-corrected chi connectivity index (χ3v) is 13.0. The molecule has 4 heterocycles. The van der Waals surface area contributed by atoms with Gasteiger partial charge in [0.15, 0.2) is 0 Å². The number of aliphatic hydroxyl groups excluding tert-OH is 1. The van der Waals surface area contributed by atoms with Crippen LogP contribution in [0.1, 0.15) is 118 Å². The number of hydrogen-bond acceptors (Lipinski definition) is 11. The van der Waals surface area contributed by atoms with E-state index in [-0.39, 0.29) is 72.9 Å². The van der Waals surface area contributed by atoms with Crippen molar-refractivity contribution in [2.24, 2.45) is 23.7 Å². The molecule has 6 aliphatic rings. The molecule has 7 rings (SSSR count). The molecule has 3 fully saturated rings. The van der Waals surface area contributed by atoms with Crippen molar-refractivity contribution < 1.29 is 43.3 Å². The van der Waals surface area contributed by atoms with Crippen LogP contribution in [0.4, 0.5) is 10.5 Å². The van der Waals surface area contributed by atoms with Crippen LogP contribution < -0.4 is 16.0 Å². The zero-order valence-electron chi connectivity index (χ0n) is 33.8. The maximum Gasteiger partial charge on any atom is 0.407 e. The Morgan fingerprint density at radius 1 is 0.983 bits per heavy atom. The van der Waals surface area contributed by atoms with Crippen LogP contribution >= 0.6 is 0 Å². The van der Waals surface area contributed by atoms with Crippen molar-refractivity contribution in [1.82, 2.24) is 20.4 Å².